The SMILES string of the molecule is CCOC(=O)C=C(C)c1ccc(OC)c(OC)c1. The summed E-state index contributed by atoms with van der Waals surface area (Å²) in [5.41, 5.74) is 1.70. The van der Waals surface area contributed by atoms with Crippen LogP contribution >= 0.6 is 0 Å². The van der Waals surface area contributed by atoms with Gasteiger partial charge in [-0.3, -0.25) is 0 Å². The minimum absolute atomic E-state index is 0.343. The van der Waals surface area contributed by atoms with Crippen molar-refractivity contribution in [3.63, 3.8) is 0 Å². The van der Waals surface area contributed by atoms with Gasteiger partial charge in [-0.05, 0) is 37.1 Å². The van der Waals surface area contributed by atoms with Crippen molar-refractivity contribution in [1.29, 1.82) is 0 Å². The Bertz CT molecular complexity index is 449. The van der Waals surface area contributed by atoms with E-state index in [0.717, 1.165) is 11.1 Å². The summed E-state index contributed by atoms with van der Waals surface area (Å²) < 4.78 is 15.2. The zero-order valence-corrected chi connectivity index (χ0v) is 11.1. The number of carbonyl (C=O) groups excluding carboxylic acids is 1. The van der Waals surface area contributed by atoms with E-state index >= 15 is 0 Å². The Kier molecular flexibility index (Phi) is 5.24. The summed E-state index contributed by atoms with van der Waals surface area (Å²) in [6, 6.07) is 5.49. The molecule has 1 rings (SSSR count). The van der Waals surface area contributed by atoms with E-state index in [2.05, 4.69) is 0 Å². The van der Waals surface area contributed by atoms with E-state index in [1.807, 2.05) is 19.1 Å². The first-order valence-electron chi connectivity index (χ1n) is 5.69. The first kappa shape index (κ1) is 14.1. The molecular formula is C14H18O4. The highest BCUT2D eigenvalue weighted by Crippen LogP contribution is 2.30. The van der Waals surface area contributed by atoms with Crippen LogP contribution in [0.25, 0.3) is 5.57 Å². The molecule has 0 saturated carbocycles. The number of methoxy groups -OCH3 is 2. The van der Waals surface area contributed by atoms with E-state index in [0.29, 0.717) is 18.1 Å². The minimum atomic E-state index is -0.343. The van der Waals surface area contributed by atoms with Crippen LogP contribution in [0.5, 0.6) is 11.5 Å². The predicted molar refractivity (Wildman–Crippen MR) is 69.8 cm³/mol. The number of hydrogen-bond acceptors (Lipinski definition) is 4. The zero-order chi connectivity index (χ0) is 13.5. The fourth-order valence-electron chi connectivity index (χ4n) is 1.53. The number of rotatable bonds is 5. The largest absolute Gasteiger partial charge is 0.493 e. The van der Waals surface area contributed by atoms with Gasteiger partial charge in [-0.25, -0.2) is 4.79 Å². The molecule has 98 valence electrons. The lowest BCUT2D eigenvalue weighted by Crippen LogP contribution is -2.00. The molecule has 0 N–H and O–H groups in total. The zero-order valence-electron chi connectivity index (χ0n) is 11.1. The van der Waals surface area contributed by atoms with Gasteiger partial charge < -0.3 is 14.2 Å². The molecule has 0 atom stereocenters. The Hall–Kier alpha value is -1.97. The number of allylic oxidation sites excluding steroid dienone is 1. The van der Waals surface area contributed by atoms with Crippen LogP contribution in [0.15, 0.2) is 24.3 Å². The number of hydrogen-bond donors (Lipinski definition) is 0. The predicted octanol–water partition coefficient (Wildman–Crippen LogP) is 2.67. The van der Waals surface area contributed by atoms with Crippen LogP contribution in [-0.2, 0) is 9.53 Å². The third-order valence-electron chi connectivity index (χ3n) is 2.46. The van der Waals surface area contributed by atoms with Crippen LogP contribution in [0, 0.1) is 0 Å². The van der Waals surface area contributed by atoms with Crippen molar-refractivity contribution in [3.05, 3.63) is 29.8 Å². The van der Waals surface area contributed by atoms with Crippen molar-refractivity contribution in [2.24, 2.45) is 0 Å². The van der Waals surface area contributed by atoms with Gasteiger partial charge in [0.1, 0.15) is 0 Å². The van der Waals surface area contributed by atoms with E-state index in [1.165, 1.54) is 6.08 Å². The standard InChI is InChI=1S/C14H18O4/c1-5-18-14(15)8-10(2)11-6-7-12(16-3)13(9-11)17-4/h6-9H,5H2,1-4H3. The average molecular weight is 250 g/mol. The monoisotopic (exact) mass is 250 g/mol. The third-order valence-corrected chi connectivity index (χ3v) is 2.46. The van der Waals surface area contributed by atoms with E-state index in [9.17, 15) is 4.79 Å². The van der Waals surface area contributed by atoms with Crippen LogP contribution in [0.2, 0.25) is 0 Å². The van der Waals surface area contributed by atoms with Gasteiger partial charge in [-0.2, -0.15) is 0 Å². The highest BCUT2D eigenvalue weighted by Gasteiger charge is 2.07. The molecule has 0 fully saturated rings. The number of esters is 1. The molecule has 4 nitrogen and oxygen atoms in total. The van der Waals surface area contributed by atoms with Crippen molar-refractivity contribution in [2.75, 3.05) is 20.8 Å². The van der Waals surface area contributed by atoms with Gasteiger partial charge in [-0.15, -0.1) is 0 Å². The van der Waals surface area contributed by atoms with Crippen molar-refractivity contribution in [2.45, 2.75) is 13.8 Å². The molecule has 4 heteroatoms. The average Bonchev–Trinajstić information content (AvgIpc) is 2.38. The molecule has 0 aliphatic carbocycles. The Labute approximate surface area is 107 Å². The molecule has 0 aliphatic rings. The molecule has 0 spiro atoms. The highest BCUT2D eigenvalue weighted by atomic mass is 16.5. The Morgan fingerprint density at radius 3 is 2.44 bits per heavy atom. The van der Waals surface area contributed by atoms with Crippen molar-refractivity contribution in [3.8, 4) is 11.5 Å². The van der Waals surface area contributed by atoms with Crippen LogP contribution in [0.4, 0.5) is 0 Å². The second-order valence-electron chi connectivity index (χ2n) is 3.65. The van der Waals surface area contributed by atoms with Crippen molar-refractivity contribution in [1.82, 2.24) is 0 Å². The van der Waals surface area contributed by atoms with Crippen LogP contribution in [0.3, 0.4) is 0 Å². The summed E-state index contributed by atoms with van der Waals surface area (Å²) in [5, 5.41) is 0. The second-order valence-corrected chi connectivity index (χ2v) is 3.65. The molecule has 0 heterocycles. The number of ether oxygens (including phenoxy) is 3. The lowest BCUT2D eigenvalue weighted by molar-refractivity contribution is -0.137. The van der Waals surface area contributed by atoms with Gasteiger partial charge in [0, 0.05) is 6.08 Å². The first-order valence-corrected chi connectivity index (χ1v) is 5.69. The van der Waals surface area contributed by atoms with Crippen LogP contribution in [0.1, 0.15) is 19.4 Å². The molecule has 0 aliphatic heterocycles. The van der Waals surface area contributed by atoms with Crippen LogP contribution in [-0.4, -0.2) is 26.8 Å². The lowest BCUT2D eigenvalue weighted by atomic mass is 10.1. The molecule has 0 bridgehead atoms. The summed E-state index contributed by atoms with van der Waals surface area (Å²) in [7, 11) is 3.16. The number of benzene rings is 1. The molecule has 1 aromatic carbocycles. The maximum atomic E-state index is 11.3. The van der Waals surface area contributed by atoms with Crippen molar-refractivity contribution >= 4 is 11.5 Å². The lowest BCUT2D eigenvalue weighted by Gasteiger charge is -2.09. The molecule has 0 radical (unpaired) electrons. The van der Waals surface area contributed by atoms with Gasteiger partial charge in [0.25, 0.3) is 0 Å². The Morgan fingerprint density at radius 1 is 1.22 bits per heavy atom. The van der Waals surface area contributed by atoms with Crippen LogP contribution < -0.4 is 9.47 Å². The minimum Gasteiger partial charge on any atom is -0.493 e. The summed E-state index contributed by atoms with van der Waals surface area (Å²) in [6.45, 7) is 3.99. The fraction of sp³-hybridized carbons (Fsp3) is 0.357. The maximum absolute atomic E-state index is 11.3. The van der Waals surface area contributed by atoms with E-state index in [1.54, 1.807) is 27.2 Å². The molecule has 0 unspecified atom stereocenters. The molecule has 0 aromatic heterocycles. The van der Waals surface area contributed by atoms with E-state index in [-0.39, 0.29) is 5.97 Å². The topological polar surface area (TPSA) is 44.8 Å². The van der Waals surface area contributed by atoms with Gasteiger partial charge in [-0.1, -0.05) is 6.07 Å². The fourth-order valence-corrected chi connectivity index (χ4v) is 1.53. The summed E-state index contributed by atoms with van der Waals surface area (Å²) in [4.78, 5) is 11.3. The van der Waals surface area contributed by atoms with Gasteiger partial charge in [0.05, 0.1) is 20.8 Å². The maximum Gasteiger partial charge on any atom is 0.331 e. The first-order chi connectivity index (χ1) is 8.62. The Morgan fingerprint density at radius 2 is 1.89 bits per heavy atom. The third kappa shape index (κ3) is 3.52. The normalized spacial score (nSPS) is 11.0. The van der Waals surface area contributed by atoms with E-state index < -0.39 is 0 Å². The molecule has 0 saturated heterocycles. The number of carbonyl (C=O) groups is 1. The molecular weight excluding hydrogens is 232 g/mol. The van der Waals surface area contributed by atoms with Gasteiger partial charge in [0.2, 0.25) is 0 Å². The molecule has 0 amide bonds. The molecule has 18 heavy (non-hydrogen) atoms. The highest BCUT2D eigenvalue weighted by molar-refractivity contribution is 5.91. The quantitative estimate of drug-likeness (QED) is 0.595. The van der Waals surface area contributed by atoms with Crippen molar-refractivity contribution < 1.29 is 19.0 Å². The summed E-state index contributed by atoms with van der Waals surface area (Å²) in [5.74, 6) is 0.946. The van der Waals surface area contributed by atoms with Gasteiger partial charge in [0.15, 0.2) is 11.5 Å². The molecule has 1 aromatic rings. The van der Waals surface area contributed by atoms with E-state index in [4.69, 9.17) is 14.2 Å². The summed E-state index contributed by atoms with van der Waals surface area (Å²) in [6.07, 6.45) is 1.46. The Balaban J connectivity index is 2.99. The van der Waals surface area contributed by atoms with Gasteiger partial charge >= 0.3 is 5.97 Å². The second kappa shape index (κ2) is 6.69. The summed E-state index contributed by atoms with van der Waals surface area (Å²) >= 11 is 0. The smallest absolute Gasteiger partial charge is 0.331 e.